The van der Waals surface area contributed by atoms with Crippen LogP contribution in [-0.4, -0.2) is 43.6 Å². The molecular formula is C20H22N2O5. The van der Waals surface area contributed by atoms with Gasteiger partial charge in [-0.05, 0) is 42.3 Å². The number of aryl methyl sites for hydroxylation is 1. The predicted octanol–water partition coefficient (Wildman–Crippen LogP) is 2.16. The van der Waals surface area contributed by atoms with E-state index in [0.29, 0.717) is 42.5 Å². The van der Waals surface area contributed by atoms with Crippen LogP contribution < -0.4 is 15.2 Å². The van der Waals surface area contributed by atoms with Crippen molar-refractivity contribution in [2.24, 2.45) is 0 Å². The Morgan fingerprint density at radius 3 is 2.59 bits per heavy atom. The minimum Gasteiger partial charge on any atom is -0.486 e. The molecular weight excluding hydrogens is 348 g/mol. The van der Waals surface area contributed by atoms with E-state index in [4.69, 9.17) is 19.9 Å². The van der Waals surface area contributed by atoms with Crippen LogP contribution in [0.15, 0.2) is 36.4 Å². The molecule has 0 unspecified atom stereocenters. The molecule has 1 heterocycles. The Morgan fingerprint density at radius 1 is 1.11 bits per heavy atom. The van der Waals surface area contributed by atoms with E-state index in [2.05, 4.69) is 0 Å². The van der Waals surface area contributed by atoms with Crippen molar-refractivity contribution in [1.29, 1.82) is 0 Å². The van der Waals surface area contributed by atoms with Crippen LogP contribution >= 0.6 is 0 Å². The van der Waals surface area contributed by atoms with Gasteiger partial charge in [0.05, 0.1) is 5.56 Å². The highest BCUT2D eigenvalue weighted by molar-refractivity contribution is 5.92. The first-order chi connectivity index (χ1) is 12.9. The number of anilines is 1. The lowest BCUT2D eigenvalue weighted by Crippen LogP contribution is -2.31. The summed E-state index contributed by atoms with van der Waals surface area (Å²) in [6.07, 6.45) is 0. The lowest BCUT2D eigenvalue weighted by molar-refractivity contribution is -0.133. The summed E-state index contributed by atoms with van der Waals surface area (Å²) in [7, 11) is 1.65. The number of benzene rings is 2. The first-order valence-electron chi connectivity index (χ1n) is 8.60. The van der Waals surface area contributed by atoms with Crippen molar-refractivity contribution in [3.05, 3.63) is 53.1 Å². The number of carbonyl (C=O) groups is 2. The molecule has 0 atom stereocenters. The Bertz CT molecular complexity index is 865. The number of ether oxygens (including phenoxy) is 3. The van der Waals surface area contributed by atoms with Gasteiger partial charge in [0.2, 0.25) is 0 Å². The molecule has 0 fully saturated rings. The second kappa shape index (κ2) is 7.99. The van der Waals surface area contributed by atoms with E-state index < -0.39 is 5.97 Å². The third-order valence-electron chi connectivity index (χ3n) is 4.29. The molecule has 2 aromatic carbocycles. The molecule has 2 N–H and O–H groups in total. The zero-order valence-corrected chi connectivity index (χ0v) is 15.4. The number of likely N-dealkylation sites (N-methyl/N-ethyl adjacent to an activating group) is 1. The summed E-state index contributed by atoms with van der Waals surface area (Å²) in [4.78, 5) is 25.8. The zero-order chi connectivity index (χ0) is 19.4. The standard InChI is InChI=1S/C20H22N2O5/c1-13-3-5-15(10-16(13)21)20(24)27-12-19(23)22(2)11-14-4-6-17-18(9-14)26-8-7-25-17/h3-6,9-10H,7-8,11-12,21H2,1-2H3. The van der Waals surface area contributed by atoms with Gasteiger partial charge in [-0.1, -0.05) is 12.1 Å². The minimum absolute atomic E-state index is 0.307. The average molecular weight is 370 g/mol. The molecule has 7 nitrogen and oxygen atoms in total. The van der Waals surface area contributed by atoms with Gasteiger partial charge in [0, 0.05) is 19.3 Å². The number of amides is 1. The summed E-state index contributed by atoms with van der Waals surface area (Å²) >= 11 is 0. The summed E-state index contributed by atoms with van der Waals surface area (Å²) in [6, 6.07) is 10.4. The van der Waals surface area contributed by atoms with Gasteiger partial charge in [0.1, 0.15) is 13.2 Å². The second-order valence-electron chi connectivity index (χ2n) is 6.38. The van der Waals surface area contributed by atoms with E-state index in [1.165, 1.54) is 4.90 Å². The number of hydrogen-bond donors (Lipinski definition) is 1. The molecule has 1 aliphatic rings. The number of nitrogen functional groups attached to an aromatic ring is 1. The van der Waals surface area contributed by atoms with Crippen molar-refractivity contribution in [2.45, 2.75) is 13.5 Å². The maximum absolute atomic E-state index is 12.3. The topological polar surface area (TPSA) is 91.1 Å². The molecule has 0 spiro atoms. The molecule has 0 aromatic heterocycles. The molecule has 0 saturated carbocycles. The van der Waals surface area contributed by atoms with Gasteiger partial charge in [-0.15, -0.1) is 0 Å². The lowest BCUT2D eigenvalue weighted by Gasteiger charge is -2.21. The van der Waals surface area contributed by atoms with Crippen LogP contribution in [0.2, 0.25) is 0 Å². The number of fused-ring (bicyclic) bond motifs is 1. The number of nitrogens with zero attached hydrogens (tertiary/aromatic N) is 1. The van der Waals surface area contributed by atoms with Gasteiger partial charge in [-0.3, -0.25) is 4.79 Å². The third kappa shape index (κ3) is 4.49. The summed E-state index contributed by atoms with van der Waals surface area (Å²) in [6.45, 7) is 2.91. The minimum atomic E-state index is -0.581. The van der Waals surface area contributed by atoms with Gasteiger partial charge in [-0.2, -0.15) is 0 Å². The van der Waals surface area contributed by atoms with Crippen LogP contribution in [0.25, 0.3) is 0 Å². The highest BCUT2D eigenvalue weighted by Crippen LogP contribution is 2.31. The fourth-order valence-electron chi connectivity index (χ4n) is 2.64. The van der Waals surface area contributed by atoms with E-state index in [1.54, 1.807) is 25.2 Å². The third-order valence-corrected chi connectivity index (χ3v) is 4.29. The molecule has 0 saturated heterocycles. The fraction of sp³-hybridized carbons (Fsp3) is 0.300. The predicted molar refractivity (Wildman–Crippen MR) is 99.8 cm³/mol. The van der Waals surface area contributed by atoms with E-state index in [1.807, 2.05) is 25.1 Å². The first-order valence-corrected chi connectivity index (χ1v) is 8.60. The van der Waals surface area contributed by atoms with Gasteiger partial charge < -0.3 is 24.8 Å². The van der Waals surface area contributed by atoms with Crippen molar-refractivity contribution in [1.82, 2.24) is 4.90 Å². The summed E-state index contributed by atoms with van der Waals surface area (Å²) in [5.74, 6) is 0.481. The maximum atomic E-state index is 12.3. The first kappa shape index (κ1) is 18.6. The van der Waals surface area contributed by atoms with Crippen molar-refractivity contribution >= 4 is 17.6 Å². The number of esters is 1. The van der Waals surface area contributed by atoms with Crippen LogP contribution in [0.5, 0.6) is 11.5 Å². The van der Waals surface area contributed by atoms with Gasteiger partial charge >= 0.3 is 5.97 Å². The molecule has 142 valence electrons. The van der Waals surface area contributed by atoms with Gasteiger partial charge in [0.15, 0.2) is 18.1 Å². The second-order valence-corrected chi connectivity index (χ2v) is 6.38. The van der Waals surface area contributed by atoms with Gasteiger partial charge in [0.25, 0.3) is 5.91 Å². The quantitative estimate of drug-likeness (QED) is 0.641. The summed E-state index contributed by atoms with van der Waals surface area (Å²) < 4.78 is 16.1. The SMILES string of the molecule is Cc1ccc(C(=O)OCC(=O)N(C)Cc2ccc3c(c2)OCCO3)cc1N. The molecule has 1 aliphatic heterocycles. The molecule has 7 heteroatoms. The Kier molecular flexibility index (Phi) is 5.49. The van der Waals surface area contributed by atoms with Crippen molar-refractivity contribution in [3.8, 4) is 11.5 Å². The molecule has 1 amide bonds. The fourth-order valence-corrected chi connectivity index (χ4v) is 2.64. The molecule has 2 aromatic rings. The van der Waals surface area contributed by atoms with Crippen LogP contribution in [0, 0.1) is 6.92 Å². The van der Waals surface area contributed by atoms with Crippen LogP contribution in [-0.2, 0) is 16.1 Å². The highest BCUT2D eigenvalue weighted by Gasteiger charge is 2.16. The number of carbonyl (C=O) groups excluding carboxylic acids is 2. The van der Waals surface area contributed by atoms with E-state index in [0.717, 1.165) is 11.1 Å². The Hall–Kier alpha value is -3.22. The van der Waals surface area contributed by atoms with Crippen molar-refractivity contribution < 1.29 is 23.8 Å². The maximum Gasteiger partial charge on any atom is 0.338 e. The Labute approximate surface area is 157 Å². The van der Waals surface area contributed by atoms with Gasteiger partial charge in [-0.25, -0.2) is 4.79 Å². The summed E-state index contributed by atoms with van der Waals surface area (Å²) in [5, 5.41) is 0. The van der Waals surface area contributed by atoms with Crippen LogP contribution in [0.1, 0.15) is 21.5 Å². The normalized spacial score (nSPS) is 12.4. The van der Waals surface area contributed by atoms with Crippen molar-refractivity contribution in [2.75, 3.05) is 32.6 Å². The summed E-state index contributed by atoms with van der Waals surface area (Å²) in [5.41, 5.74) is 8.39. The molecule has 27 heavy (non-hydrogen) atoms. The smallest absolute Gasteiger partial charge is 0.338 e. The Balaban J connectivity index is 1.54. The number of nitrogens with two attached hydrogens (primary N) is 1. The lowest BCUT2D eigenvalue weighted by atomic mass is 10.1. The molecule has 3 rings (SSSR count). The zero-order valence-electron chi connectivity index (χ0n) is 15.4. The van der Waals surface area contributed by atoms with E-state index in [9.17, 15) is 9.59 Å². The monoisotopic (exact) mass is 370 g/mol. The Morgan fingerprint density at radius 2 is 1.85 bits per heavy atom. The largest absolute Gasteiger partial charge is 0.486 e. The molecule has 0 bridgehead atoms. The van der Waals surface area contributed by atoms with E-state index in [-0.39, 0.29) is 12.5 Å². The number of rotatable bonds is 5. The highest BCUT2D eigenvalue weighted by atomic mass is 16.6. The number of hydrogen-bond acceptors (Lipinski definition) is 6. The average Bonchev–Trinajstić information content (AvgIpc) is 2.67. The molecule has 0 radical (unpaired) electrons. The van der Waals surface area contributed by atoms with Crippen LogP contribution in [0.3, 0.4) is 0 Å². The van der Waals surface area contributed by atoms with Crippen LogP contribution in [0.4, 0.5) is 5.69 Å². The molecule has 0 aliphatic carbocycles. The van der Waals surface area contributed by atoms with Crippen molar-refractivity contribution in [3.63, 3.8) is 0 Å². The van der Waals surface area contributed by atoms with E-state index >= 15 is 0 Å².